The van der Waals surface area contributed by atoms with Crippen molar-refractivity contribution in [3.8, 4) is 0 Å². The molecule has 1 aromatic heterocycles. The van der Waals surface area contributed by atoms with E-state index in [2.05, 4.69) is 15.5 Å². The number of ether oxygens (including phenoxy) is 1. The molecule has 0 unspecified atom stereocenters. The Hall–Kier alpha value is -2.12. The normalized spacial score (nSPS) is 18.9. The lowest BCUT2D eigenvalue weighted by atomic mass is 10.1. The Labute approximate surface area is 119 Å². The first-order chi connectivity index (χ1) is 9.70. The third kappa shape index (κ3) is 2.10. The second-order valence-electron chi connectivity index (χ2n) is 4.37. The summed E-state index contributed by atoms with van der Waals surface area (Å²) in [4.78, 5) is 0. The van der Waals surface area contributed by atoms with Gasteiger partial charge in [-0.25, -0.2) is 4.68 Å². The zero-order chi connectivity index (χ0) is 14.1. The van der Waals surface area contributed by atoms with Crippen molar-refractivity contribution in [1.82, 2.24) is 15.0 Å². The summed E-state index contributed by atoms with van der Waals surface area (Å²) in [6, 6.07) is 7.51. The van der Waals surface area contributed by atoms with E-state index in [1.807, 2.05) is 24.3 Å². The fourth-order valence-corrected chi connectivity index (χ4v) is 2.44. The number of aromatic nitrogens is 3. The van der Waals surface area contributed by atoms with Gasteiger partial charge in [0.2, 0.25) is 0 Å². The minimum absolute atomic E-state index is 0.0777. The summed E-state index contributed by atoms with van der Waals surface area (Å²) in [7, 11) is 0. The van der Waals surface area contributed by atoms with Gasteiger partial charge in [-0.1, -0.05) is 40.2 Å². The smallest absolute Gasteiger partial charge is 0.192 e. The fraction of sp³-hybridized carbons (Fsp3) is 0.250. The number of hydrogen-bond acceptors (Lipinski definition) is 5. The van der Waals surface area contributed by atoms with Crippen molar-refractivity contribution in [2.24, 2.45) is 10.9 Å². The van der Waals surface area contributed by atoms with Gasteiger partial charge in [-0.15, -0.1) is 5.10 Å². The summed E-state index contributed by atoms with van der Waals surface area (Å²) in [5, 5.41) is 20.2. The van der Waals surface area contributed by atoms with Gasteiger partial charge in [0.1, 0.15) is 6.10 Å². The van der Waals surface area contributed by atoms with E-state index in [4.69, 9.17) is 27.3 Å². The Bertz CT molecular complexity index is 670. The summed E-state index contributed by atoms with van der Waals surface area (Å²) in [6.45, 7) is 0.749. The molecule has 0 bridgehead atoms. The topological polar surface area (TPSA) is 98.5 Å². The molecule has 7 nitrogen and oxygen atoms in total. The number of nitrogens with two attached hydrogens (primary N) is 1. The summed E-state index contributed by atoms with van der Waals surface area (Å²) < 4.78 is 7.47. The van der Waals surface area contributed by atoms with E-state index >= 15 is 0 Å². The average molecular weight is 294 g/mol. The van der Waals surface area contributed by atoms with Crippen LogP contribution in [0.4, 0.5) is 0 Å². The van der Waals surface area contributed by atoms with Gasteiger partial charge in [-0.05, 0) is 6.07 Å². The van der Waals surface area contributed by atoms with Gasteiger partial charge in [0.15, 0.2) is 11.5 Å². The minimum atomic E-state index is -0.196. The molecule has 0 radical (unpaired) electrons. The molecule has 0 fully saturated rings. The maximum Gasteiger partial charge on any atom is 0.192 e. The summed E-state index contributed by atoms with van der Waals surface area (Å²) in [6.07, 6.45) is -0.196. The molecule has 20 heavy (non-hydrogen) atoms. The molecule has 0 saturated carbocycles. The second kappa shape index (κ2) is 5.10. The van der Waals surface area contributed by atoms with Crippen molar-refractivity contribution >= 4 is 17.4 Å². The van der Waals surface area contributed by atoms with Crippen LogP contribution in [0.25, 0.3) is 0 Å². The highest BCUT2D eigenvalue weighted by atomic mass is 35.5. The molecule has 0 aliphatic carbocycles. The Kier molecular flexibility index (Phi) is 3.29. The van der Waals surface area contributed by atoms with Crippen LogP contribution in [0.5, 0.6) is 0 Å². The van der Waals surface area contributed by atoms with Gasteiger partial charge in [-0.3, -0.25) is 0 Å². The van der Waals surface area contributed by atoms with Crippen molar-refractivity contribution in [2.45, 2.75) is 19.3 Å². The van der Waals surface area contributed by atoms with E-state index in [1.54, 1.807) is 4.68 Å². The molecule has 3 rings (SSSR count). The van der Waals surface area contributed by atoms with Gasteiger partial charge in [-0.2, -0.15) is 0 Å². The zero-order valence-electron chi connectivity index (χ0n) is 10.4. The first kappa shape index (κ1) is 12.9. The van der Waals surface area contributed by atoms with E-state index in [0.717, 1.165) is 5.56 Å². The molecule has 1 aliphatic heterocycles. The van der Waals surface area contributed by atoms with E-state index in [0.29, 0.717) is 23.0 Å². The number of amidine groups is 1. The van der Waals surface area contributed by atoms with Crippen LogP contribution in [-0.2, 0) is 17.9 Å². The van der Waals surface area contributed by atoms with Crippen molar-refractivity contribution in [2.75, 3.05) is 0 Å². The van der Waals surface area contributed by atoms with E-state index in [-0.39, 0.29) is 18.5 Å². The first-order valence-corrected chi connectivity index (χ1v) is 6.34. The van der Waals surface area contributed by atoms with E-state index < -0.39 is 0 Å². The summed E-state index contributed by atoms with van der Waals surface area (Å²) >= 11 is 6.17. The molecule has 0 saturated heterocycles. The van der Waals surface area contributed by atoms with Crippen LogP contribution in [-0.4, -0.2) is 26.0 Å². The molecule has 0 amide bonds. The molecule has 3 N–H and O–H groups in total. The second-order valence-corrected chi connectivity index (χ2v) is 4.78. The number of halogens is 1. The molecule has 0 spiro atoms. The highest BCUT2D eigenvalue weighted by Gasteiger charge is 2.27. The van der Waals surface area contributed by atoms with Crippen LogP contribution in [0.3, 0.4) is 0 Å². The van der Waals surface area contributed by atoms with Crippen LogP contribution in [0.15, 0.2) is 29.4 Å². The molecule has 1 aliphatic rings. The van der Waals surface area contributed by atoms with Crippen molar-refractivity contribution in [3.63, 3.8) is 0 Å². The Balaban J connectivity index is 1.91. The van der Waals surface area contributed by atoms with Gasteiger partial charge in [0, 0.05) is 10.6 Å². The Morgan fingerprint density at radius 1 is 1.50 bits per heavy atom. The molecule has 2 heterocycles. The maximum atomic E-state index is 8.70. The minimum Gasteiger partial charge on any atom is -0.409 e. The highest BCUT2D eigenvalue weighted by molar-refractivity contribution is 6.31. The Morgan fingerprint density at radius 3 is 3.05 bits per heavy atom. The molecular formula is C12H12ClN5O2. The van der Waals surface area contributed by atoms with Gasteiger partial charge < -0.3 is 15.7 Å². The lowest BCUT2D eigenvalue weighted by Gasteiger charge is -2.24. The molecule has 104 valence electrons. The van der Waals surface area contributed by atoms with Crippen LogP contribution in [0.1, 0.15) is 23.1 Å². The van der Waals surface area contributed by atoms with E-state index in [1.165, 1.54) is 0 Å². The monoisotopic (exact) mass is 293 g/mol. The van der Waals surface area contributed by atoms with E-state index in [9.17, 15) is 0 Å². The van der Waals surface area contributed by atoms with Crippen LogP contribution in [0.2, 0.25) is 5.02 Å². The highest BCUT2D eigenvalue weighted by Crippen LogP contribution is 2.31. The predicted molar refractivity (Wildman–Crippen MR) is 71.5 cm³/mol. The number of hydrogen-bond donors (Lipinski definition) is 2. The standard InChI is InChI=1S/C12H12ClN5O2/c13-8-4-2-1-3-7(8)10-5-18-9(6-20-10)11(15-17-18)12(14)16-19/h1-4,10,19H,5-6H2,(H2,14,16)/t10-/m0/s1. The van der Waals surface area contributed by atoms with Crippen molar-refractivity contribution in [1.29, 1.82) is 0 Å². The number of benzene rings is 1. The predicted octanol–water partition coefficient (Wildman–Crippen LogP) is 1.30. The largest absolute Gasteiger partial charge is 0.409 e. The summed E-state index contributed by atoms with van der Waals surface area (Å²) in [5.41, 5.74) is 7.47. The quantitative estimate of drug-likeness (QED) is 0.376. The molecule has 1 atom stereocenters. The van der Waals surface area contributed by atoms with Gasteiger partial charge in [0.25, 0.3) is 0 Å². The zero-order valence-corrected chi connectivity index (χ0v) is 11.2. The van der Waals surface area contributed by atoms with Crippen LogP contribution >= 0.6 is 11.6 Å². The van der Waals surface area contributed by atoms with Gasteiger partial charge >= 0.3 is 0 Å². The number of nitrogens with zero attached hydrogens (tertiary/aromatic N) is 4. The van der Waals surface area contributed by atoms with Crippen LogP contribution in [0, 0.1) is 0 Å². The Morgan fingerprint density at radius 2 is 2.30 bits per heavy atom. The lowest BCUT2D eigenvalue weighted by Crippen LogP contribution is -2.24. The first-order valence-electron chi connectivity index (χ1n) is 5.97. The number of fused-ring (bicyclic) bond motifs is 1. The van der Waals surface area contributed by atoms with Crippen molar-refractivity contribution in [3.05, 3.63) is 46.2 Å². The third-order valence-electron chi connectivity index (χ3n) is 3.20. The fourth-order valence-electron chi connectivity index (χ4n) is 2.18. The third-order valence-corrected chi connectivity index (χ3v) is 3.54. The molecule has 1 aromatic carbocycles. The molecular weight excluding hydrogens is 282 g/mol. The maximum absolute atomic E-state index is 8.70. The van der Waals surface area contributed by atoms with Crippen LogP contribution < -0.4 is 5.73 Å². The van der Waals surface area contributed by atoms with Gasteiger partial charge in [0.05, 0.1) is 18.8 Å². The van der Waals surface area contributed by atoms with Crippen molar-refractivity contribution < 1.29 is 9.94 Å². The molecule has 2 aromatic rings. The lowest BCUT2D eigenvalue weighted by molar-refractivity contribution is -0.00140. The SMILES string of the molecule is N/C(=N\O)c1nnn2c1CO[C@H](c1ccccc1Cl)C2. The average Bonchev–Trinajstić information content (AvgIpc) is 2.90. The summed E-state index contributed by atoms with van der Waals surface area (Å²) in [5.74, 6) is -0.0777. The number of rotatable bonds is 2. The number of oxime groups is 1. The molecule has 8 heteroatoms.